The zero-order valence-electron chi connectivity index (χ0n) is 11.4. The van der Waals surface area contributed by atoms with E-state index < -0.39 is 11.5 Å². The van der Waals surface area contributed by atoms with Crippen LogP contribution in [0.1, 0.15) is 52.9 Å². The first-order chi connectivity index (χ1) is 8.22. The minimum atomic E-state index is -0.867. The molecule has 0 unspecified atom stereocenters. The summed E-state index contributed by atoms with van der Waals surface area (Å²) >= 11 is 0. The van der Waals surface area contributed by atoms with Crippen molar-refractivity contribution in [2.45, 2.75) is 64.0 Å². The fraction of sp³-hybridized carbons (Fsp3) is 0.846. The molecule has 0 aromatic carbocycles. The van der Waals surface area contributed by atoms with Crippen LogP contribution in [0.2, 0.25) is 0 Å². The number of aliphatic carboxylic acids is 1. The molecule has 0 atom stereocenters. The van der Waals surface area contributed by atoms with Crippen molar-refractivity contribution in [2.75, 3.05) is 6.61 Å². The van der Waals surface area contributed by atoms with Gasteiger partial charge in [0.25, 0.3) is 0 Å². The van der Waals surface area contributed by atoms with E-state index in [1.54, 1.807) is 0 Å². The normalized spacial score (nSPS) is 18.6. The minimum absolute atomic E-state index is 0.00570. The predicted molar refractivity (Wildman–Crippen MR) is 67.3 cm³/mol. The summed E-state index contributed by atoms with van der Waals surface area (Å²) in [4.78, 5) is 22.7. The first kappa shape index (κ1) is 15.0. The van der Waals surface area contributed by atoms with Gasteiger partial charge in [-0.3, -0.25) is 9.59 Å². The summed E-state index contributed by atoms with van der Waals surface area (Å²) in [6.45, 7) is 5.61. The standard InChI is InChI=1S/C13H23NO4/c1-12(2,3)18-9-10(15)14-13(8-11(16)17)6-4-5-7-13/h4-9H2,1-3H3,(H,14,15)(H,16,17). The van der Waals surface area contributed by atoms with Gasteiger partial charge in [-0.25, -0.2) is 0 Å². The van der Waals surface area contributed by atoms with Gasteiger partial charge < -0.3 is 15.2 Å². The second-order valence-corrected chi connectivity index (χ2v) is 6.01. The summed E-state index contributed by atoms with van der Waals surface area (Å²) in [5.74, 6) is -1.10. The summed E-state index contributed by atoms with van der Waals surface area (Å²) in [6, 6.07) is 0. The highest BCUT2D eigenvalue weighted by Gasteiger charge is 2.37. The van der Waals surface area contributed by atoms with E-state index >= 15 is 0 Å². The predicted octanol–water partition coefficient (Wildman–Crippen LogP) is 1.71. The molecule has 104 valence electrons. The maximum Gasteiger partial charge on any atom is 0.305 e. The third-order valence-electron chi connectivity index (χ3n) is 3.09. The van der Waals surface area contributed by atoms with E-state index in [9.17, 15) is 9.59 Å². The molecule has 0 radical (unpaired) electrons. The van der Waals surface area contributed by atoms with Crippen LogP contribution in [0.25, 0.3) is 0 Å². The Morgan fingerprint density at radius 2 is 1.83 bits per heavy atom. The van der Waals surface area contributed by atoms with E-state index in [4.69, 9.17) is 9.84 Å². The number of amides is 1. The van der Waals surface area contributed by atoms with Gasteiger partial charge in [0.15, 0.2) is 0 Å². The number of hydrogen-bond acceptors (Lipinski definition) is 3. The van der Waals surface area contributed by atoms with Crippen molar-refractivity contribution in [1.29, 1.82) is 0 Å². The number of carboxylic acids is 1. The molecule has 0 heterocycles. The molecule has 18 heavy (non-hydrogen) atoms. The van der Waals surface area contributed by atoms with E-state index in [0.717, 1.165) is 25.7 Å². The number of ether oxygens (including phenoxy) is 1. The summed E-state index contributed by atoms with van der Waals surface area (Å²) in [5, 5.41) is 11.8. The average Bonchev–Trinajstić information content (AvgIpc) is 2.61. The molecule has 5 heteroatoms. The molecule has 1 aliphatic carbocycles. The van der Waals surface area contributed by atoms with Crippen molar-refractivity contribution in [3.05, 3.63) is 0 Å². The SMILES string of the molecule is CC(C)(C)OCC(=O)NC1(CC(=O)O)CCCC1. The summed E-state index contributed by atoms with van der Waals surface area (Å²) in [7, 11) is 0. The molecule has 1 aliphatic rings. The molecule has 1 saturated carbocycles. The summed E-state index contributed by atoms with van der Waals surface area (Å²) in [5.41, 5.74) is -0.933. The smallest absolute Gasteiger partial charge is 0.305 e. The lowest BCUT2D eigenvalue weighted by atomic mass is 9.93. The second kappa shape index (κ2) is 5.69. The fourth-order valence-corrected chi connectivity index (χ4v) is 2.30. The maximum atomic E-state index is 11.8. The minimum Gasteiger partial charge on any atom is -0.481 e. The molecule has 0 saturated heterocycles. The van der Waals surface area contributed by atoms with E-state index in [1.807, 2.05) is 20.8 Å². The van der Waals surface area contributed by atoms with Crippen LogP contribution >= 0.6 is 0 Å². The van der Waals surface area contributed by atoms with E-state index in [-0.39, 0.29) is 24.5 Å². The monoisotopic (exact) mass is 257 g/mol. The van der Waals surface area contributed by atoms with Crippen molar-refractivity contribution in [1.82, 2.24) is 5.32 Å². The third kappa shape index (κ3) is 5.04. The van der Waals surface area contributed by atoms with Gasteiger partial charge in [0.05, 0.1) is 17.6 Å². The summed E-state index contributed by atoms with van der Waals surface area (Å²) in [6.07, 6.45) is 3.40. The Morgan fingerprint density at radius 3 is 2.28 bits per heavy atom. The molecule has 0 aromatic rings. The highest BCUT2D eigenvalue weighted by Crippen LogP contribution is 2.32. The average molecular weight is 257 g/mol. The van der Waals surface area contributed by atoms with Gasteiger partial charge in [0, 0.05) is 0 Å². The van der Waals surface area contributed by atoms with Crippen molar-refractivity contribution >= 4 is 11.9 Å². The highest BCUT2D eigenvalue weighted by molar-refractivity contribution is 5.79. The molecule has 0 aromatic heterocycles. The van der Waals surface area contributed by atoms with Gasteiger partial charge in [-0.1, -0.05) is 12.8 Å². The van der Waals surface area contributed by atoms with Crippen molar-refractivity contribution in [2.24, 2.45) is 0 Å². The molecule has 0 aliphatic heterocycles. The van der Waals surface area contributed by atoms with Crippen LogP contribution in [-0.4, -0.2) is 34.7 Å². The van der Waals surface area contributed by atoms with Crippen LogP contribution in [0.5, 0.6) is 0 Å². The van der Waals surface area contributed by atoms with Gasteiger partial charge >= 0.3 is 5.97 Å². The van der Waals surface area contributed by atoms with Crippen LogP contribution in [0.15, 0.2) is 0 Å². The van der Waals surface area contributed by atoms with Crippen molar-refractivity contribution in [3.63, 3.8) is 0 Å². The molecule has 0 spiro atoms. The lowest BCUT2D eigenvalue weighted by Crippen LogP contribution is -2.49. The van der Waals surface area contributed by atoms with Crippen molar-refractivity contribution < 1.29 is 19.4 Å². The lowest BCUT2D eigenvalue weighted by molar-refractivity contribution is -0.140. The lowest BCUT2D eigenvalue weighted by Gasteiger charge is -2.29. The van der Waals surface area contributed by atoms with Crippen LogP contribution in [-0.2, 0) is 14.3 Å². The van der Waals surface area contributed by atoms with Crippen LogP contribution in [0.4, 0.5) is 0 Å². The van der Waals surface area contributed by atoms with Crippen LogP contribution < -0.4 is 5.32 Å². The first-order valence-corrected chi connectivity index (χ1v) is 6.39. The third-order valence-corrected chi connectivity index (χ3v) is 3.09. The maximum absolute atomic E-state index is 11.8. The van der Waals surface area contributed by atoms with E-state index in [1.165, 1.54) is 0 Å². The van der Waals surface area contributed by atoms with Gasteiger partial charge in [-0.05, 0) is 33.6 Å². The number of carbonyl (C=O) groups is 2. The molecule has 0 bridgehead atoms. The summed E-state index contributed by atoms with van der Waals surface area (Å²) < 4.78 is 5.39. The molecular formula is C13H23NO4. The number of rotatable bonds is 5. The van der Waals surface area contributed by atoms with Gasteiger partial charge in [-0.15, -0.1) is 0 Å². The Balaban J connectivity index is 2.51. The van der Waals surface area contributed by atoms with Gasteiger partial charge in [-0.2, -0.15) is 0 Å². The molecule has 5 nitrogen and oxygen atoms in total. The molecule has 1 amide bonds. The highest BCUT2D eigenvalue weighted by atomic mass is 16.5. The van der Waals surface area contributed by atoms with Gasteiger partial charge in [0.2, 0.25) is 5.91 Å². The number of hydrogen-bond donors (Lipinski definition) is 2. The van der Waals surface area contributed by atoms with Crippen LogP contribution in [0, 0.1) is 0 Å². The number of carbonyl (C=O) groups excluding carboxylic acids is 1. The fourth-order valence-electron chi connectivity index (χ4n) is 2.30. The topological polar surface area (TPSA) is 75.6 Å². The van der Waals surface area contributed by atoms with Gasteiger partial charge in [0.1, 0.15) is 6.61 Å². The largest absolute Gasteiger partial charge is 0.481 e. The molecule has 1 rings (SSSR count). The number of nitrogens with one attached hydrogen (secondary N) is 1. The Morgan fingerprint density at radius 1 is 1.28 bits per heavy atom. The zero-order chi connectivity index (χ0) is 13.8. The molecule has 2 N–H and O–H groups in total. The van der Waals surface area contributed by atoms with Crippen molar-refractivity contribution in [3.8, 4) is 0 Å². The Hall–Kier alpha value is -1.10. The second-order valence-electron chi connectivity index (χ2n) is 6.01. The number of carboxylic acid groups (broad SMARTS) is 1. The van der Waals surface area contributed by atoms with E-state index in [0.29, 0.717) is 0 Å². The first-order valence-electron chi connectivity index (χ1n) is 6.39. The quantitative estimate of drug-likeness (QED) is 0.786. The molecular weight excluding hydrogens is 234 g/mol. The van der Waals surface area contributed by atoms with Crippen LogP contribution in [0.3, 0.4) is 0 Å². The Kier molecular flexibility index (Phi) is 4.73. The zero-order valence-corrected chi connectivity index (χ0v) is 11.4. The van der Waals surface area contributed by atoms with E-state index in [2.05, 4.69) is 5.32 Å². The molecule has 1 fully saturated rings. The Bertz CT molecular complexity index is 313. The Labute approximate surface area is 108 Å².